The average Bonchev–Trinajstić information content (AvgIpc) is 3.86. The highest BCUT2D eigenvalue weighted by Gasteiger charge is 2.18. The third-order valence-electron chi connectivity index (χ3n) is 12.9. The molecule has 0 N–H and O–H groups in total. The maximum atomic E-state index is 6.57. The number of furan rings is 2. The van der Waals surface area contributed by atoms with E-state index in [9.17, 15) is 0 Å². The number of hydrogen-bond donors (Lipinski definition) is 0. The van der Waals surface area contributed by atoms with Gasteiger partial charge in [-0.2, -0.15) is 0 Å². The lowest BCUT2D eigenvalue weighted by atomic mass is 9.86. The van der Waals surface area contributed by atoms with E-state index >= 15 is 0 Å². The van der Waals surface area contributed by atoms with Crippen molar-refractivity contribution >= 4 is 76.2 Å². The third-order valence-corrected chi connectivity index (χ3v) is 12.9. The van der Waals surface area contributed by atoms with Crippen LogP contribution in [0.25, 0.3) is 121 Å². The number of aryl methyl sites for hydroxylation is 2. The van der Waals surface area contributed by atoms with Crippen LogP contribution in [0.2, 0.25) is 0 Å². The number of benzene rings is 10. The molecule has 10 aromatic carbocycles. The normalized spacial score (nSPS) is 12.0. The predicted octanol–water partition coefficient (Wildman–Crippen LogP) is 16.7. The largest absolute Gasteiger partial charge is 0.456 e. The second kappa shape index (κ2) is 13.6. The molecule has 0 aliphatic heterocycles. The van der Waals surface area contributed by atoms with Crippen molar-refractivity contribution in [3.8, 4) is 44.5 Å². The summed E-state index contributed by atoms with van der Waals surface area (Å²) in [7, 11) is 0. The van der Waals surface area contributed by atoms with E-state index in [0.29, 0.717) is 0 Å². The Bertz CT molecular complexity index is 3640. The van der Waals surface area contributed by atoms with Crippen LogP contribution in [0.5, 0.6) is 0 Å². The standard InChI is InChI=1S/C58H40O2/c1-3-35-12-5-6-14-42(35)58-36(4-2)13-11-19-43(58)41-26-29-55-51(32-41)53-34-56-52(33-57(53)60-55)50-31-40(25-28-54(50)59-56)38-22-20-37(21-23-38)39-24-27-48-46-17-8-7-15-44(46)45-16-9-10-18-47(45)49(48)30-39/h5-34H,3-4H2,1-2H3. The Morgan fingerprint density at radius 2 is 0.700 bits per heavy atom. The van der Waals surface area contributed by atoms with Crippen LogP contribution in [0.4, 0.5) is 0 Å². The van der Waals surface area contributed by atoms with Crippen LogP contribution in [0.1, 0.15) is 25.0 Å². The first-order valence-electron chi connectivity index (χ1n) is 21.1. The van der Waals surface area contributed by atoms with E-state index in [-0.39, 0.29) is 0 Å². The van der Waals surface area contributed by atoms with E-state index in [1.807, 2.05) is 0 Å². The fourth-order valence-corrected chi connectivity index (χ4v) is 9.86. The molecular formula is C58H40O2. The van der Waals surface area contributed by atoms with Crippen LogP contribution in [0, 0.1) is 0 Å². The van der Waals surface area contributed by atoms with Crippen LogP contribution < -0.4 is 0 Å². The van der Waals surface area contributed by atoms with Gasteiger partial charge in [0, 0.05) is 21.5 Å². The average molecular weight is 769 g/mol. The quantitative estimate of drug-likeness (QED) is 0.158. The molecule has 0 atom stereocenters. The zero-order valence-electron chi connectivity index (χ0n) is 33.6. The molecule has 0 aliphatic rings. The summed E-state index contributed by atoms with van der Waals surface area (Å²) in [5.74, 6) is 0. The van der Waals surface area contributed by atoms with Crippen LogP contribution in [-0.2, 0) is 12.8 Å². The van der Waals surface area contributed by atoms with Crippen LogP contribution in [0.3, 0.4) is 0 Å². The highest BCUT2D eigenvalue weighted by Crippen LogP contribution is 2.43. The molecule has 2 heterocycles. The summed E-state index contributed by atoms with van der Waals surface area (Å²) in [6.45, 7) is 4.49. The zero-order chi connectivity index (χ0) is 39.9. The van der Waals surface area contributed by atoms with Gasteiger partial charge in [0.05, 0.1) is 0 Å². The van der Waals surface area contributed by atoms with Gasteiger partial charge in [-0.1, -0.05) is 153 Å². The molecule has 0 unspecified atom stereocenters. The van der Waals surface area contributed by atoms with Crippen molar-refractivity contribution in [3.05, 3.63) is 193 Å². The van der Waals surface area contributed by atoms with Crippen LogP contribution in [0.15, 0.2) is 191 Å². The van der Waals surface area contributed by atoms with E-state index in [1.54, 1.807) is 0 Å². The molecule has 12 aromatic rings. The lowest BCUT2D eigenvalue weighted by Gasteiger charge is -2.17. The molecular weight excluding hydrogens is 729 g/mol. The Morgan fingerprint density at radius 3 is 1.30 bits per heavy atom. The Hall–Kier alpha value is -7.42. The van der Waals surface area contributed by atoms with Crippen molar-refractivity contribution in [3.63, 3.8) is 0 Å². The molecule has 2 aromatic heterocycles. The summed E-state index contributed by atoms with van der Waals surface area (Å²) in [5, 5.41) is 12.0. The molecule has 0 fully saturated rings. The highest BCUT2D eigenvalue weighted by molar-refractivity contribution is 6.26. The summed E-state index contributed by atoms with van der Waals surface area (Å²) in [5.41, 5.74) is 16.0. The summed E-state index contributed by atoms with van der Waals surface area (Å²) in [4.78, 5) is 0. The third kappa shape index (κ3) is 5.34. The minimum absolute atomic E-state index is 0.861. The van der Waals surface area contributed by atoms with Crippen molar-refractivity contribution in [2.75, 3.05) is 0 Å². The molecule has 0 amide bonds. The van der Waals surface area contributed by atoms with Gasteiger partial charge in [0.25, 0.3) is 0 Å². The summed E-state index contributed by atoms with van der Waals surface area (Å²) >= 11 is 0. The van der Waals surface area contributed by atoms with Crippen molar-refractivity contribution in [1.82, 2.24) is 0 Å². The summed E-state index contributed by atoms with van der Waals surface area (Å²) < 4.78 is 13.1. The van der Waals surface area contributed by atoms with Crippen molar-refractivity contribution in [1.29, 1.82) is 0 Å². The Morgan fingerprint density at radius 1 is 0.283 bits per heavy atom. The Balaban J connectivity index is 0.914. The molecule has 0 bridgehead atoms. The molecule has 0 saturated carbocycles. The summed E-state index contributed by atoms with van der Waals surface area (Å²) in [6, 6.07) is 66.4. The van der Waals surface area contributed by atoms with Gasteiger partial charge in [0.2, 0.25) is 0 Å². The first-order chi connectivity index (χ1) is 29.6. The SMILES string of the molecule is CCc1ccccc1-c1c(CC)cccc1-c1ccc2oc3cc4c(cc3c2c1)oc1ccc(-c2ccc(-c3ccc5c6ccccc6c6ccccc6c5c3)cc2)cc14. The van der Waals surface area contributed by atoms with Crippen molar-refractivity contribution in [2.45, 2.75) is 26.7 Å². The maximum absolute atomic E-state index is 6.57. The Kier molecular flexibility index (Phi) is 7.83. The number of rotatable bonds is 6. The molecule has 284 valence electrons. The van der Waals surface area contributed by atoms with Gasteiger partial charge in [0.1, 0.15) is 22.3 Å². The second-order valence-corrected chi connectivity index (χ2v) is 16.1. The van der Waals surface area contributed by atoms with E-state index in [0.717, 1.165) is 67.8 Å². The van der Waals surface area contributed by atoms with E-state index in [1.165, 1.54) is 76.8 Å². The molecule has 0 saturated heterocycles. The van der Waals surface area contributed by atoms with Crippen LogP contribution in [-0.4, -0.2) is 0 Å². The van der Waals surface area contributed by atoms with Crippen molar-refractivity contribution < 1.29 is 8.83 Å². The molecule has 2 heteroatoms. The lowest BCUT2D eigenvalue weighted by Crippen LogP contribution is -1.95. The molecule has 2 nitrogen and oxygen atoms in total. The fourth-order valence-electron chi connectivity index (χ4n) is 9.86. The molecule has 12 rings (SSSR count). The number of fused-ring (bicyclic) bond motifs is 12. The van der Waals surface area contributed by atoms with Gasteiger partial charge in [-0.15, -0.1) is 0 Å². The van der Waals surface area contributed by atoms with Gasteiger partial charge in [-0.25, -0.2) is 0 Å². The molecule has 0 spiro atoms. The van der Waals surface area contributed by atoms with Gasteiger partial charge in [0.15, 0.2) is 0 Å². The monoisotopic (exact) mass is 768 g/mol. The van der Waals surface area contributed by atoms with E-state index < -0.39 is 0 Å². The molecule has 0 aliphatic carbocycles. The smallest absolute Gasteiger partial charge is 0.136 e. The zero-order valence-corrected chi connectivity index (χ0v) is 33.6. The van der Waals surface area contributed by atoms with Crippen LogP contribution >= 0.6 is 0 Å². The first-order valence-corrected chi connectivity index (χ1v) is 21.1. The van der Waals surface area contributed by atoms with E-state index in [4.69, 9.17) is 8.83 Å². The molecule has 60 heavy (non-hydrogen) atoms. The Labute approximate surface area is 347 Å². The summed E-state index contributed by atoms with van der Waals surface area (Å²) in [6.07, 6.45) is 1.96. The maximum Gasteiger partial charge on any atom is 0.136 e. The van der Waals surface area contributed by atoms with E-state index in [2.05, 4.69) is 196 Å². The van der Waals surface area contributed by atoms with Gasteiger partial charge >= 0.3 is 0 Å². The minimum atomic E-state index is 0.861. The highest BCUT2D eigenvalue weighted by atomic mass is 16.3. The van der Waals surface area contributed by atoms with Gasteiger partial charge in [-0.05, 0) is 143 Å². The lowest BCUT2D eigenvalue weighted by molar-refractivity contribution is 0.664. The van der Waals surface area contributed by atoms with Gasteiger partial charge < -0.3 is 8.83 Å². The predicted molar refractivity (Wildman–Crippen MR) is 254 cm³/mol. The fraction of sp³-hybridized carbons (Fsp3) is 0.0690. The second-order valence-electron chi connectivity index (χ2n) is 16.1. The van der Waals surface area contributed by atoms with Crippen molar-refractivity contribution in [2.24, 2.45) is 0 Å². The number of hydrogen-bond acceptors (Lipinski definition) is 2. The minimum Gasteiger partial charge on any atom is -0.456 e. The molecule has 0 radical (unpaired) electrons. The topological polar surface area (TPSA) is 26.3 Å². The first kappa shape index (κ1) is 34.6. The van der Waals surface area contributed by atoms with Gasteiger partial charge in [-0.3, -0.25) is 0 Å².